The first-order valence-electron chi connectivity index (χ1n) is 37.2. The van der Waals surface area contributed by atoms with E-state index in [1.54, 1.807) is 0 Å². The molecule has 0 aromatic carbocycles. The molecule has 19 heteroatoms. The van der Waals surface area contributed by atoms with E-state index in [1.165, 1.54) is 154 Å². The molecule has 0 aliphatic carbocycles. The van der Waals surface area contributed by atoms with Gasteiger partial charge in [0.05, 0.1) is 26.4 Å². The summed E-state index contributed by atoms with van der Waals surface area (Å²) in [5.74, 6) is 0.858. The maximum absolute atomic E-state index is 13.0. The highest BCUT2D eigenvalue weighted by Crippen LogP contribution is 2.45. The molecule has 0 rings (SSSR count). The van der Waals surface area contributed by atoms with E-state index in [9.17, 15) is 43.2 Å². The molecule has 0 radical (unpaired) electrons. The Hall–Kier alpha value is -1.94. The average Bonchev–Trinajstić information content (AvgIpc) is 2.74. The van der Waals surface area contributed by atoms with Crippen molar-refractivity contribution in [3.63, 3.8) is 0 Å². The number of ether oxygens (including phenoxy) is 4. The monoisotopic (exact) mass is 1340 g/mol. The molecule has 0 fully saturated rings. The number of hydrogen-bond donors (Lipinski definition) is 3. The van der Waals surface area contributed by atoms with E-state index in [4.69, 9.17) is 37.0 Å². The summed E-state index contributed by atoms with van der Waals surface area (Å²) in [6.45, 7) is 14.1. The molecule has 0 amide bonds. The van der Waals surface area contributed by atoms with Crippen molar-refractivity contribution in [1.29, 1.82) is 0 Å². The van der Waals surface area contributed by atoms with Crippen LogP contribution < -0.4 is 0 Å². The third kappa shape index (κ3) is 65.1. The fourth-order valence-electron chi connectivity index (χ4n) is 10.8. The molecule has 91 heavy (non-hydrogen) atoms. The van der Waals surface area contributed by atoms with E-state index in [-0.39, 0.29) is 25.7 Å². The number of unbranched alkanes of at least 4 members (excludes halogenated alkanes) is 34. The zero-order valence-corrected chi connectivity index (χ0v) is 61.3. The van der Waals surface area contributed by atoms with Crippen LogP contribution >= 0.6 is 15.6 Å². The van der Waals surface area contributed by atoms with Crippen LogP contribution in [0.15, 0.2) is 0 Å². The first-order chi connectivity index (χ1) is 43.6. The van der Waals surface area contributed by atoms with Crippen LogP contribution in [0.5, 0.6) is 0 Å². The van der Waals surface area contributed by atoms with Crippen molar-refractivity contribution < 1.29 is 80.2 Å². The molecule has 4 unspecified atom stereocenters. The highest BCUT2D eigenvalue weighted by atomic mass is 31.2. The first-order valence-corrected chi connectivity index (χ1v) is 40.2. The van der Waals surface area contributed by atoms with Gasteiger partial charge in [-0.2, -0.15) is 0 Å². The number of phosphoric acid groups is 2. The van der Waals surface area contributed by atoms with Crippen molar-refractivity contribution >= 4 is 39.5 Å². The standard InChI is InChI=1S/C72H140O17P2/c1-9-65(8)51-43-35-26-20-16-12-10-11-13-17-21-27-36-44-52-69(74)82-59-68(89-72(77)55-47-39-31-30-34-42-50-64(6)7)61-87-91(80,81)85-57-66(73)56-84-90(78,79)86-60-67(58-83-70(75)53-45-37-29-23-25-33-41-49-63(4)5)88-71(76)54-46-38-28-22-18-14-15-19-24-32-40-48-62(2)3/h62-68,73H,9-61H2,1-8H3,(H,78,79)(H,80,81)/t65?,66?,67-,68-/m1/s1. The Labute approximate surface area is 556 Å². The second-order valence-corrected chi connectivity index (χ2v) is 30.6. The molecule has 3 N–H and O–H groups in total. The summed E-state index contributed by atoms with van der Waals surface area (Å²) in [7, 11) is -9.90. The Morgan fingerprint density at radius 3 is 0.780 bits per heavy atom. The lowest BCUT2D eigenvalue weighted by atomic mass is 9.99. The quantitative estimate of drug-likeness (QED) is 0.0222. The predicted molar refractivity (Wildman–Crippen MR) is 367 cm³/mol. The molecule has 0 bridgehead atoms. The van der Waals surface area contributed by atoms with Gasteiger partial charge in [0.2, 0.25) is 0 Å². The van der Waals surface area contributed by atoms with Crippen LogP contribution in [-0.4, -0.2) is 96.7 Å². The van der Waals surface area contributed by atoms with Gasteiger partial charge < -0.3 is 33.8 Å². The molecule has 0 heterocycles. The van der Waals surface area contributed by atoms with E-state index >= 15 is 0 Å². The smallest absolute Gasteiger partial charge is 0.462 e. The molecule has 6 atom stereocenters. The van der Waals surface area contributed by atoms with E-state index in [2.05, 4.69) is 55.4 Å². The van der Waals surface area contributed by atoms with E-state index in [0.717, 1.165) is 108 Å². The van der Waals surface area contributed by atoms with Crippen LogP contribution in [0.25, 0.3) is 0 Å². The zero-order chi connectivity index (χ0) is 67.5. The van der Waals surface area contributed by atoms with Gasteiger partial charge in [0, 0.05) is 25.7 Å². The van der Waals surface area contributed by atoms with Crippen molar-refractivity contribution in [1.82, 2.24) is 0 Å². The van der Waals surface area contributed by atoms with Crippen LogP contribution in [0.3, 0.4) is 0 Å². The molecule has 0 aliphatic rings. The summed E-state index contributed by atoms with van der Waals surface area (Å²) in [6, 6.07) is 0. The Kier molecular flexibility index (Phi) is 60.3. The highest BCUT2D eigenvalue weighted by Gasteiger charge is 2.30. The Morgan fingerprint density at radius 1 is 0.308 bits per heavy atom. The Balaban J connectivity index is 5.18. The second-order valence-electron chi connectivity index (χ2n) is 27.6. The summed E-state index contributed by atoms with van der Waals surface area (Å²) < 4.78 is 68.3. The highest BCUT2D eigenvalue weighted by molar-refractivity contribution is 7.47. The van der Waals surface area contributed by atoms with Gasteiger partial charge in [0.1, 0.15) is 19.3 Å². The molecule has 0 saturated heterocycles. The summed E-state index contributed by atoms with van der Waals surface area (Å²) in [4.78, 5) is 72.5. The minimum absolute atomic E-state index is 0.102. The second kappa shape index (κ2) is 61.6. The molecule has 0 saturated carbocycles. The van der Waals surface area contributed by atoms with E-state index in [1.807, 2.05) is 0 Å². The van der Waals surface area contributed by atoms with Gasteiger partial charge >= 0.3 is 39.5 Å². The van der Waals surface area contributed by atoms with Crippen LogP contribution in [-0.2, 0) is 65.4 Å². The maximum Gasteiger partial charge on any atom is 0.472 e. The number of carbonyl (C=O) groups is 4. The Morgan fingerprint density at radius 2 is 0.527 bits per heavy atom. The topological polar surface area (TPSA) is 237 Å². The lowest BCUT2D eigenvalue weighted by Crippen LogP contribution is -2.30. The number of aliphatic hydroxyl groups excluding tert-OH is 1. The minimum Gasteiger partial charge on any atom is -0.462 e. The normalized spacial score (nSPS) is 14.5. The molecule has 0 aromatic heterocycles. The summed E-state index contributed by atoms with van der Waals surface area (Å²) in [5.41, 5.74) is 0. The lowest BCUT2D eigenvalue weighted by Gasteiger charge is -2.21. The van der Waals surface area contributed by atoms with Crippen molar-refractivity contribution in [3.05, 3.63) is 0 Å². The number of aliphatic hydroxyl groups is 1. The summed E-state index contributed by atoms with van der Waals surface area (Å²) >= 11 is 0. The SMILES string of the molecule is CCC(C)CCCCCCCCCCCCCCCCC(=O)OC[C@H](COP(=O)(O)OCC(O)COP(=O)(O)OC[C@@H](COC(=O)CCCCCCCCCC(C)C)OC(=O)CCCCCCCCCCCCCC(C)C)OC(=O)CCCCCCCCC(C)C. The molecular weight excluding hydrogens is 1200 g/mol. The van der Waals surface area contributed by atoms with Crippen molar-refractivity contribution in [2.75, 3.05) is 39.6 Å². The fourth-order valence-corrected chi connectivity index (χ4v) is 12.4. The average molecular weight is 1340 g/mol. The van der Waals surface area contributed by atoms with Crippen molar-refractivity contribution in [2.24, 2.45) is 23.7 Å². The summed E-state index contributed by atoms with van der Waals surface area (Å²) in [5, 5.41) is 10.6. The van der Waals surface area contributed by atoms with Gasteiger partial charge in [0.25, 0.3) is 0 Å². The van der Waals surface area contributed by atoms with E-state index < -0.39 is 97.5 Å². The van der Waals surface area contributed by atoms with Crippen LogP contribution in [0.2, 0.25) is 0 Å². The van der Waals surface area contributed by atoms with Crippen LogP contribution in [0.1, 0.15) is 357 Å². The minimum atomic E-state index is -4.95. The number of rotatable bonds is 69. The maximum atomic E-state index is 13.0. The molecule has 17 nitrogen and oxygen atoms in total. The van der Waals surface area contributed by atoms with Gasteiger partial charge in [-0.15, -0.1) is 0 Å². The number of phosphoric ester groups is 2. The first kappa shape index (κ1) is 89.1. The summed E-state index contributed by atoms with van der Waals surface area (Å²) in [6.07, 6.45) is 44.7. The largest absolute Gasteiger partial charge is 0.472 e. The molecule has 0 aromatic rings. The van der Waals surface area contributed by atoms with Crippen molar-refractivity contribution in [3.8, 4) is 0 Å². The van der Waals surface area contributed by atoms with Gasteiger partial charge in [-0.05, 0) is 49.4 Å². The fraction of sp³-hybridized carbons (Fsp3) is 0.944. The predicted octanol–water partition coefficient (Wildman–Crippen LogP) is 20.5. The third-order valence-corrected chi connectivity index (χ3v) is 18.8. The molecular formula is C72H140O17P2. The van der Waals surface area contributed by atoms with Gasteiger partial charge in [-0.1, -0.05) is 306 Å². The van der Waals surface area contributed by atoms with Gasteiger partial charge in [-0.3, -0.25) is 37.3 Å². The van der Waals surface area contributed by atoms with Gasteiger partial charge in [0.15, 0.2) is 12.2 Å². The molecule has 540 valence electrons. The third-order valence-electron chi connectivity index (χ3n) is 16.9. The van der Waals surface area contributed by atoms with Crippen LogP contribution in [0, 0.1) is 23.7 Å². The lowest BCUT2D eigenvalue weighted by molar-refractivity contribution is -0.161. The number of carbonyl (C=O) groups excluding carboxylic acids is 4. The zero-order valence-electron chi connectivity index (χ0n) is 59.5. The Bertz CT molecular complexity index is 1800. The van der Waals surface area contributed by atoms with E-state index in [0.29, 0.717) is 37.5 Å². The van der Waals surface area contributed by atoms with Crippen molar-refractivity contribution in [2.45, 2.75) is 375 Å². The number of hydrogen-bond acceptors (Lipinski definition) is 15. The van der Waals surface area contributed by atoms with Gasteiger partial charge in [-0.25, -0.2) is 9.13 Å². The number of esters is 4. The van der Waals surface area contributed by atoms with Crippen LogP contribution in [0.4, 0.5) is 0 Å². The molecule has 0 spiro atoms. The molecule has 0 aliphatic heterocycles.